The van der Waals surface area contributed by atoms with Gasteiger partial charge in [-0.3, -0.25) is 14.7 Å². The molecule has 2 aliphatic heterocycles. The Bertz CT molecular complexity index is 1050. The monoisotopic (exact) mass is 465 g/mol. The summed E-state index contributed by atoms with van der Waals surface area (Å²) in [6.45, 7) is 0. The average Bonchev–Trinajstić information content (AvgIpc) is 3.05. The molecule has 164 valence electrons. The van der Waals surface area contributed by atoms with Gasteiger partial charge in [0.2, 0.25) is 5.91 Å². The molecule has 3 heterocycles. The first-order valence-corrected chi connectivity index (χ1v) is 11.8. The smallest absolute Gasteiger partial charge is 0.227 e. The van der Waals surface area contributed by atoms with Crippen LogP contribution in [0.2, 0.25) is 10.0 Å². The molecule has 2 fully saturated rings. The number of nitrogens with one attached hydrogen (secondary N) is 1. The van der Waals surface area contributed by atoms with E-state index in [1.165, 1.54) is 0 Å². The van der Waals surface area contributed by atoms with Gasteiger partial charge < -0.3 is 5.32 Å². The largest absolute Gasteiger partial charge is 0.324 e. The minimum Gasteiger partial charge on any atom is -0.324 e. The van der Waals surface area contributed by atoms with E-state index in [1.54, 1.807) is 12.4 Å². The number of hydrogen-bond acceptors (Lipinski definition) is 3. The lowest BCUT2D eigenvalue weighted by atomic mass is 9.86. The molecule has 1 aromatic heterocycles. The van der Waals surface area contributed by atoms with E-state index in [0.717, 1.165) is 52.5 Å². The van der Waals surface area contributed by atoms with E-state index in [1.807, 2.05) is 48.5 Å². The zero-order chi connectivity index (χ0) is 22.1. The summed E-state index contributed by atoms with van der Waals surface area (Å²) in [6.07, 6.45) is 7.20. The van der Waals surface area contributed by atoms with Crippen molar-refractivity contribution in [2.75, 3.05) is 5.32 Å². The summed E-state index contributed by atoms with van der Waals surface area (Å²) < 4.78 is 0. The molecule has 2 aliphatic rings. The number of carbonyl (C=O) groups excluding carboxylic acids is 1. The van der Waals surface area contributed by atoms with Crippen molar-refractivity contribution in [2.24, 2.45) is 5.92 Å². The normalized spacial score (nSPS) is 22.8. The predicted octanol–water partition coefficient (Wildman–Crippen LogP) is 6.36. The number of carbonyl (C=O) groups is 1. The van der Waals surface area contributed by atoms with Crippen molar-refractivity contribution in [1.29, 1.82) is 0 Å². The van der Waals surface area contributed by atoms with Crippen LogP contribution >= 0.6 is 23.2 Å². The highest BCUT2D eigenvalue weighted by Crippen LogP contribution is 2.48. The molecule has 1 amide bonds. The number of amides is 1. The first-order valence-electron chi connectivity index (χ1n) is 11.1. The molecule has 6 heteroatoms. The van der Waals surface area contributed by atoms with Gasteiger partial charge in [-0.05, 0) is 61.1 Å². The van der Waals surface area contributed by atoms with Gasteiger partial charge in [0, 0.05) is 34.2 Å². The summed E-state index contributed by atoms with van der Waals surface area (Å²) in [4.78, 5) is 19.7. The van der Waals surface area contributed by atoms with Gasteiger partial charge in [-0.2, -0.15) is 0 Å². The summed E-state index contributed by atoms with van der Waals surface area (Å²) >= 11 is 13.4. The zero-order valence-corrected chi connectivity index (χ0v) is 19.1. The van der Waals surface area contributed by atoms with E-state index < -0.39 is 0 Å². The molecule has 3 aromatic rings. The Morgan fingerprint density at radius 1 is 0.906 bits per heavy atom. The Labute approximate surface area is 198 Å². The van der Waals surface area contributed by atoms with Gasteiger partial charge in [0.15, 0.2) is 0 Å². The number of benzene rings is 2. The summed E-state index contributed by atoms with van der Waals surface area (Å²) in [7, 11) is 0. The van der Waals surface area contributed by atoms with Crippen LogP contribution in [0.1, 0.15) is 42.9 Å². The molecule has 32 heavy (non-hydrogen) atoms. The summed E-state index contributed by atoms with van der Waals surface area (Å²) in [5.41, 5.74) is 2.88. The van der Waals surface area contributed by atoms with Gasteiger partial charge in [-0.25, -0.2) is 0 Å². The number of halogens is 2. The van der Waals surface area contributed by atoms with E-state index in [9.17, 15) is 4.79 Å². The van der Waals surface area contributed by atoms with Crippen LogP contribution in [0, 0.1) is 5.92 Å². The fourth-order valence-electron chi connectivity index (χ4n) is 5.41. The Morgan fingerprint density at radius 2 is 1.50 bits per heavy atom. The predicted molar refractivity (Wildman–Crippen MR) is 129 cm³/mol. The number of anilines is 1. The molecule has 2 unspecified atom stereocenters. The zero-order valence-electron chi connectivity index (χ0n) is 17.6. The van der Waals surface area contributed by atoms with Crippen LogP contribution in [0.3, 0.4) is 0 Å². The maximum absolute atomic E-state index is 13.0. The molecule has 2 atom stereocenters. The van der Waals surface area contributed by atoms with Crippen LogP contribution in [-0.2, 0) is 4.79 Å². The minimum atomic E-state index is -0.0303. The third-order valence-corrected chi connectivity index (χ3v) is 7.48. The number of aromatic nitrogens is 1. The van der Waals surface area contributed by atoms with E-state index in [0.29, 0.717) is 12.1 Å². The second kappa shape index (κ2) is 9.22. The van der Waals surface area contributed by atoms with Crippen LogP contribution in [0.4, 0.5) is 5.69 Å². The number of pyridine rings is 1. The van der Waals surface area contributed by atoms with Gasteiger partial charge in [-0.1, -0.05) is 59.6 Å². The average molecular weight is 466 g/mol. The topological polar surface area (TPSA) is 45.2 Å². The molecule has 0 saturated carbocycles. The lowest BCUT2D eigenvalue weighted by Crippen LogP contribution is -2.47. The van der Waals surface area contributed by atoms with Crippen LogP contribution in [0.5, 0.6) is 0 Å². The number of fused-ring (bicyclic) bond motifs is 2. The molecular formula is C26H25Cl2N3O. The fourth-order valence-corrected chi connectivity index (χ4v) is 5.89. The van der Waals surface area contributed by atoms with Gasteiger partial charge in [0.05, 0.1) is 17.9 Å². The molecule has 2 bridgehead atoms. The van der Waals surface area contributed by atoms with Crippen molar-refractivity contribution in [1.82, 2.24) is 9.88 Å². The maximum atomic E-state index is 13.0. The standard InChI is InChI=1S/C26H25Cl2N3O/c27-23-9-3-1-7-21(23)25(22-8-2-4-10-24(22)28)31-19-11-12-20(31)15-17(14-19)26(32)30-18-6-5-13-29-16-18/h1-10,13,16-17,19-20,25H,11-12,14-15H2,(H,30,32). The Hall–Kier alpha value is -2.40. The molecule has 4 nitrogen and oxygen atoms in total. The second-order valence-electron chi connectivity index (χ2n) is 8.68. The summed E-state index contributed by atoms with van der Waals surface area (Å²) in [5, 5.41) is 4.53. The maximum Gasteiger partial charge on any atom is 0.227 e. The van der Waals surface area contributed by atoms with E-state index in [4.69, 9.17) is 23.2 Å². The van der Waals surface area contributed by atoms with Crippen LogP contribution in [0.25, 0.3) is 0 Å². The quantitative estimate of drug-likeness (QED) is 0.476. The first-order chi connectivity index (χ1) is 15.6. The lowest BCUT2D eigenvalue weighted by molar-refractivity contribution is -0.122. The highest BCUT2D eigenvalue weighted by Gasteiger charge is 2.47. The van der Waals surface area contributed by atoms with Crippen molar-refractivity contribution >= 4 is 34.8 Å². The molecule has 0 aliphatic carbocycles. The molecule has 0 radical (unpaired) electrons. The highest BCUT2D eigenvalue weighted by atomic mass is 35.5. The lowest BCUT2D eigenvalue weighted by Gasteiger charge is -2.44. The number of hydrogen-bond donors (Lipinski definition) is 1. The van der Waals surface area contributed by atoms with Crippen LogP contribution in [0.15, 0.2) is 73.1 Å². The third kappa shape index (κ3) is 4.15. The molecule has 5 rings (SSSR count). The SMILES string of the molecule is O=C(Nc1cccnc1)C1CC2CCC(C1)N2C(c1ccccc1Cl)c1ccccc1Cl. The molecule has 0 spiro atoms. The van der Waals surface area contributed by atoms with Crippen molar-refractivity contribution < 1.29 is 4.79 Å². The van der Waals surface area contributed by atoms with Crippen molar-refractivity contribution in [2.45, 2.75) is 43.8 Å². The minimum absolute atomic E-state index is 0.0119. The summed E-state index contributed by atoms with van der Waals surface area (Å²) in [6, 6.07) is 20.3. The molecule has 2 saturated heterocycles. The van der Waals surface area contributed by atoms with E-state index >= 15 is 0 Å². The molecule has 2 aromatic carbocycles. The number of nitrogens with zero attached hydrogens (tertiary/aromatic N) is 2. The van der Waals surface area contributed by atoms with E-state index in [-0.39, 0.29) is 17.9 Å². The van der Waals surface area contributed by atoms with Gasteiger partial charge >= 0.3 is 0 Å². The summed E-state index contributed by atoms with van der Waals surface area (Å²) in [5.74, 6) is 0.0729. The first kappa shape index (κ1) is 21.4. The van der Waals surface area contributed by atoms with Crippen LogP contribution < -0.4 is 5.32 Å². The van der Waals surface area contributed by atoms with Gasteiger partial charge in [0.1, 0.15) is 0 Å². The number of rotatable bonds is 5. The van der Waals surface area contributed by atoms with E-state index in [2.05, 4.69) is 27.3 Å². The number of piperidine rings is 1. The van der Waals surface area contributed by atoms with Crippen molar-refractivity contribution in [3.63, 3.8) is 0 Å². The van der Waals surface area contributed by atoms with Crippen LogP contribution in [-0.4, -0.2) is 27.9 Å². The Kier molecular flexibility index (Phi) is 6.18. The molecule has 1 N–H and O–H groups in total. The fraction of sp³-hybridized carbons (Fsp3) is 0.308. The third-order valence-electron chi connectivity index (χ3n) is 6.79. The Morgan fingerprint density at radius 3 is 2.03 bits per heavy atom. The Balaban J connectivity index is 1.44. The van der Waals surface area contributed by atoms with Crippen molar-refractivity contribution in [3.05, 3.63) is 94.2 Å². The van der Waals surface area contributed by atoms with Gasteiger partial charge in [0.25, 0.3) is 0 Å². The molecular weight excluding hydrogens is 441 g/mol. The van der Waals surface area contributed by atoms with Gasteiger partial charge in [-0.15, -0.1) is 0 Å². The highest BCUT2D eigenvalue weighted by molar-refractivity contribution is 6.32. The second-order valence-corrected chi connectivity index (χ2v) is 9.49. The van der Waals surface area contributed by atoms with Crippen molar-refractivity contribution in [3.8, 4) is 0 Å².